The molecular weight excluding hydrogens is 380 g/mol. The molecule has 1 aliphatic carbocycles. The highest BCUT2D eigenvalue weighted by atomic mass is 16.5. The fourth-order valence-corrected chi connectivity index (χ4v) is 3.98. The molecule has 1 aromatic rings. The van der Waals surface area contributed by atoms with Crippen molar-refractivity contribution in [3.63, 3.8) is 0 Å². The zero-order valence-corrected chi connectivity index (χ0v) is 18.0. The number of carbonyl (C=O) groups is 2. The summed E-state index contributed by atoms with van der Waals surface area (Å²) in [5.74, 6) is -0.624. The Kier molecular flexibility index (Phi) is 10.5. The van der Waals surface area contributed by atoms with Crippen LogP contribution in [-0.4, -0.2) is 43.3 Å². The second kappa shape index (κ2) is 13.1. The van der Waals surface area contributed by atoms with E-state index in [1.54, 1.807) is 14.2 Å². The molecule has 0 spiro atoms. The van der Waals surface area contributed by atoms with Crippen LogP contribution in [0.1, 0.15) is 44.1 Å². The Morgan fingerprint density at radius 2 is 2.00 bits per heavy atom. The summed E-state index contributed by atoms with van der Waals surface area (Å²) in [5.41, 5.74) is 1.28. The van der Waals surface area contributed by atoms with Crippen molar-refractivity contribution in [3.8, 4) is 0 Å². The third-order valence-electron chi connectivity index (χ3n) is 5.74. The minimum absolute atomic E-state index is 0.00868. The van der Waals surface area contributed by atoms with E-state index in [1.807, 2.05) is 30.4 Å². The Morgan fingerprint density at radius 1 is 1.23 bits per heavy atom. The van der Waals surface area contributed by atoms with Crippen LogP contribution in [0.15, 0.2) is 54.6 Å². The van der Waals surface area contributed by atoms with Crippen molar-refractivity contribution >= 4 is 11.8 Å². The highest BCUT2D eigenvalue weighted by Gasteiger charge is 2.40. The number of Topliss-reactive ketones (excluding diaryl/α,β-unsaturated/α-hetero) is 1. The van der Waals surface area contributed by atoms with E-state index in [-0.39, 0.29) is 36.2 Å². The molecule has 0 radical (unpaired) electrons. The Hall–Kier alpha value is -2.24. The summed E-state index contributed by atoms with van der Waals surface area (Å²) >= 11 is 0. The molecule has 164 valence electrons. The van der Waals surface area contributed by atoms with Crippen LogP contribution in [0.3, 0.4) is 0 Å². The molecule has 5 nitrogen and oxygen atoms in total. The number of methoxy groups -OCH3 is 2. The Bertz CT molecular complexity index is 710. The molecule has 1 aliphatic rings. The second-order valence-electron chi connectivity index (χ2n) is 7.80. The quantitative estimate of drug-likeness (QED) is 0.377. The average molecular weight is 415 g/mol. The Labute approximate surface area is 179 Å². The molecule has 2 unspecified atom stereocenters. The monoisotopic (exact) mass is 414 g/mol. The third-order valence-corrected chi connectivity index (χ3v) is 5.74. The van der Waals surface area contributed by atoms with Crippen LogP contribution in [0.4, 0.5) is 0 Å². The highest BCUT2D eigenvalue weighted by Crippen LogP contribution is 2.35. The molecule has 2 rings (SSSR count). The van der Waals surface area contributed by atoms with E-state index in [4.69, 9.17) is 14.6 Å². The van der Waals surface area contributed by atoms with Gasteiger partial charge in [0.25, 0.3) is 0 Å². The van der Waals surface area contributed by atoms with Crippen LogP contribution in [0.25, 0.3) is 0 Å². The van der Waals surface area contributed by atoms with Crippen molar-refractivity contribution in [2.45, 2.75) is 57.2 Å². The van der Waals surface area contributed by atoms with E-state index in [0.717, 1.165) is 12.8 Å². The predicted molar refractivity (Wildman–Crippen MR) is 117 cm³/mol. The van der Waals surface area contributed by atoms with Gasteiger partial charge in [-0.3, -0.25) is 9.59 Å². The van der Waals surface area contributed by atoms with Crippen molar-refractivity contribution < 1.29 is 24.2 Å². The number of aryl methyl sites for hydroxylation is 1. The molecule has 5 heteroatoms. The maximum atomic E-state index is 12.5. The molecule has 4 atom stereocenters. The smallest absolute Gasteiger partial charge is 0.303 e. The number of carbonyl (C=O) groups excluding carboxylic acids is 1. The van der Waals surface area contributed by atoms with E-state index >= 15 is 0 Å². The van der Waals surface area contributed by atoms with E-state index in [0.29, 0.717) is 25.7 Å². The molecule has 0 heterocycles. The van der Waals surface area contributed by atoms with Crippen molar-refractivity contribution in [3.05, 3.63) is 60.2 Å². The summed E-state index contributed by atoms with van der Waals surface area (Å²) in [7, 11) is 3.37. The molecule has 1 saturated carbocycles. The standard InChI is InChI=1S/C25H34O5/c1-29-20(15-14-19-10-6-5-7-11-19)16-17-22-21(23(26)18-24(22)30-2)12-8-3-4-9-13-25(27)28/h3,5-8,10-11,16-17,20-22,24H,4,9,12-15,18H2,1-2H3,(H,27,28)/t20?,21-,22-,24?/m1/s1. The van der Waals surface area contributed by atoms with Gasteiger partial charge < -0.3 is 14.6 Å². The van der Waals surface area contributed by atoms with Gasteiger partial charge in [0.2, 0.25) is 0 Å². The number of ketones is 1. The number of allylic oxidation sites excluding steroid dienone is 2. The first-order valence-electron chi connectivity index (χ1n) is 10.7. The summed E-state index contributed by atoms with van der Waals surface area (Å²) < 4.78 is 11.2. The molecule has 0 amide bonds. The molecule has 0 bridgehead atoms. The number of hydrogen-bond donors (Lipinski definition) is 1. The highest BCUT2D eigenvalue weighted by molar-refractivity contribution is 5.84. The van der Waals surface area contributed by atoms with E-state index in [9.17, 15) is 9.59 Å². The number of carboxylic acids is 1. The first-order chi connectivity index (χ1) is 14.5. The average Bonchev–Trinajstić information content (AvgIpc) is 3.05. The molecule has 0 aliphatic heterocycles. The van der Waals surface area contributed by atoms with Crippen molar-refractivity contribution in [2.24, 2.45) is 11.8 Å². The summed E-state index contributed by atoms with van der Waals surface area (Å²) in [6, 6.07) is 10.3. The van der Waals surface area contributed by atoms with Crippen molar-refractivity contribution in [2.75, 3.05) is 14.2 Å². The number of benzene rings is 1. The second-order valence-corrected chi connectivity index (χ2v) is 7.80. The fraction of sp³-hybridized carbons (Fsp3) is 0.520. The normalized spacial score (nSPS) is 22.9. The Morgan fingerprint density at radius 3 is 2.67 bits per heavy atom. The van der Waals surface area contributed by atoms with Gasteiger partial charge in [0.05, 0.1) is 12.2 Å². The molecule has 0 saturated heterocycles. The van der Waals surface area contributed by atoms with Crippen molar-refractivity contribution in [1.82, 2.24) is 0 Å². The first kappa shape index (κ1) is 24.0. The van der Waals surface area contributed by atoms with Crippen LogP contribution in [0.5, 0.6) is 0 Å². The lowest BCUT2D eigenvalue weighted by Crippen LogP contribution is -2.21. The minimum atomic E-state index is -0.775. The number of hydrogen-bond acceptors (Lipinski definition) is 4. The molecule has 0 aromatic heterocycles. The summed E-state index contributed by atoms with van der Waals surface area (Å²) in [4.78, 5) is 23.1. The predicted octanol–water partition coefficient (Wildman–Crippen LogP) is 4.61. The van der Waals surface area contributed by atoms with E-state index in [1.165, 1.54) is 5.56 Å². The molecule has 1 N–H and O–H groups in total. The van der Waals surface area contributed by atoms with Crippen LogP contribution in [-0.2, 0) is 25.5 Å². The van der Waals surface area contributed by atoms with Gasteiger partial charge in [0.1, 0.15) is 5.78 Å². The molecule has 1 fully saturated rings. The van der Waals surface area contributed by atoms with Crippen LogP contribution in [0.2, 0.25) is 0 Å². The van der Waals surface area contributed by atoms with Gasteiger partial charge in [-0.1, -0.05) is 54.6 Å². The number of rotatable bonds is 13. The van der Waals surface area contributed by atoms with Crippen LogP contribution >= 0.6 is 0 Å². The molecule has 30 heavy (non-hydrogen) atoms. The lowest BCUT2D eigenvalue weighted by molar-refractivity contribution is -0.137. The Balaban J connectivity index is 1.93. The summed E-state index contributed by atoms with van der Waals surface area (Å²) in [6.07, 6.45) is 12.4. The van der Waals surface area contributed by atoms with E-state index < -0.39 is 5.97 Å². The van der Waals surface area contributed by atoms with Crippen LogP contribution in [0, 0.1) is 11.8 Å². The zero-order valence-electron chi connectivity index (χ0n) is 18.0. The number of ether oxygens (including phenoxy) is 2. The molecular formula is C25H34O5. The van der Waals surface area contributed by atoms with Crippen molar-refractivity contribution in [1.29, 1.82) is 0 Å². The van der Waals surface area contributed by atoms with Gasteiger partial charge in [0.15, 0.2) is 0 Å². The first-order valence-corrected chi connectivity index (χ1v) is 10.7. The topological polar surface area (TPSA) is 72.8 Å². The maximum Gasteiger partial charge on any atom is 0.303 e. The van der Waals surface area contributed by atoms with Gasteiger partial charge >= 0.3 is 5.97 Å². The minimum Gasteiger partial charge on any atom is -0.481 e. The summed E-state index contributed by atoms with van der Waals surface area (Å²) in [5, 5.41) is 8.69. The van der Waals surface area contributed by atoms with Crippen LogP contribution < -0.4 is 0 Å². The lowest BCUT2D eigenvalue weighted by Gasteiger charge is -2.20. The SMILES string of the molecule is COC(C=C[C@H]1C(OC)CC(=O)[C@@H]1CC=CCCCC(=O)O)CCc1ccccc1. The van der Waals surface area contributed by atoms with Gasteiger partial charge in [0, 0.05) is 38.9 Å². The number of carboxylic acid groups (broad SMARTS) is 1. The van der Waals surface area contributed by atoms with Gasteiger partial charge in [-0.15, -0.1) is 0 Å². The number of unbranched alkanes of at least 4 members (excludes halogenated alkanes) is 1. The third kappa shape index (κ3) is 7.88. The fourth-order valence-electron chi connectivity index (χ4n) is 3.98. The maximum absolute atomic E-state index is 12.5. The zero-order chi connectivity index (χ0) is 21.8. The van der Waals surface area contributed by atoms with Gasteiger partial charge in [-0.2, -0.15) is 0 Å². The lowest BCUT2D eigenvalue weighted by atomic mass is 9.90. The van der Waals surface area contributed by atoms with Gasteiger partial charge in [-0.25, -0.2) is 0 Å². The van der Waals surface area contributed by atoms with Gasteiger partial charge in [-0.05, 0) is 37.7 Å². The number of aliphatic carboxylic acids is 1. The summed E-state index contributed by atoms with van der Waals surface area (Å²) in [6.45, 7) is 0. The molecule has 1 aromatic carbocycles. The van der Waals surface area contributed by atoms with E-state index in [2.05, 4.69) is 24.3 Å². The largest absolute Gasteiger partial charge is 0.481 e.